The first-order valence-corrected chi connectivity index (χ1v) is 7.35. The molecule has 0 unspecified atom stereocenters. The van der Waals surface area contributed by atoms with E-state index in [0.29, 0.717) is 24.7 Å². The highest BCUT2D eigenvalue weighted by Crippen LogP contribution is 2.29. The molecular formula is C14H24N4O3. The molecule has 7 nitrogen and oxygen atoms in total. The van der Waals surface area contributed by atoms with Gasteiger partial charge in [0.05, 0.1) is 6.10 Å². The first-order valence-electron chi connectivity index (χ1n) is 7.35. The Bertz CT molecular complexity index is 628. The Hall–Kier alpha value is -1.76. The Morgan fingerprint density at radius 2 is 2.00 bits per heavy atom. The predicted molar refractivity (Wildman–Crippen MR) is 82.6 cm³/mol. The molecule has 1 heterocycles. The molecule has 1 saturated carbocycles. The molecule has 0 aliphatic heterocycles. The molecule has 0 spiro atoms. The summed E-state index contributed by atoms with van der Waals surface area (Å²) in [4.78, 5) is 26.2. The van der Waals surface area contributed by atoms with Crippen molar-refractivity contribution in [3.8, 4) is 0 Å². The van der Waals surface area contributed by atoms with Gasteiger partial charge in [0.15, 0.2) is 0 Å². The Morgan fingerprint density at radius 1 is 1.38 bits per heavy atom. The number of aliphatic hydroxyl groups is 1. The number of nitrogens with zero attached hydrogens (tertiary/aromatic N) is 3. The van der Waals surface area contributed by atoms with E-state index in [1.54, 1.807) is 11.9 Å². The molecule has 118 valence electrons. The summed E-state index contributed by atoms with van der Waals surface area (Å²) < 4.78 is 2.55. The first kappa shape index (κ1) is 15.6. The van der Waals surface area contributed by atoms with Crippen LogP contribution in [-0.4, -0.2) is 33.9 Å². The first-order chi connectivity index (χ1) is 9.86. The third kappa shape index (κ3) is 2.83. The zero-order valence-electron chi connectivity index (χ0n) is 12.9. The predicted octanol–water partition coefficient (Wildman–Crippen LogP) is -0.254. The maximum absolute atomic E-state index is 12.3. The van der Waals surface area contributed by atoms with E-state index in [9.17, 15) is 14.7 Å². The van der Waals surface area contributed by atoms with E-state index in [-0.39, 0.29) is 23.2 Å². The van der Waals surface area contributed by atoms with Gasteiger partial charge in [0.25, 0.3) is 5.56 Å². The molecule has 21 heavy (non-hydrogen) atoms. The fourth-order valence-electron chi connectivity index (χ4n) is 2.89. The maximum Gasteiger partial charge on any atom is 0.332 e. The molecule has 1 aromatic rings. The molecule has 1 fully saturated rings. The maximum atomic E-state index is 12.3. The lowest BCUT2D eigenvalue weighted by atomic mass is 9.82. The van der Waals surface area contributed by atoms with Crippen LogP contribution >= 0.6 is 0 Å². The van der Waals surface area contributed by atoms with Gasteiger partial charge in [-0.3, -0.25) is 13.9 Å². The number of aliphatic hydroxyl groups excluding tert-OH is 1. The average Bonchev–Trinajstić information content (AvgIpc) is 2.40. The lowest BCUT2D eigenvalue weighted by Gasteiger charge is -2.35. The number of aromatic nitrogens is 2. The van der Waals surface area contributed by atoms with Crippen LogP contribution in [0.25, 0.3) is 0 Å². The van der Waals surface area contributed by atoms with Crippen molar-refractivity contribution in [1.29, 1.82) is 0 Å². The largest absolute Gasteiger partial charge is 0.393 e. The normalized spacial score (nSPS) is 21.1. The lowest BCUT2D eigenvalue weighted by Crippen LogP contribution is -2.45. The van der Waals surface area contributed by atoms with Crippen molar-refractivity contribution in [3.63, 3.8) is 0 Å². The van der Waals surface area contributed by atoms with Crippen molar-refractivity contribution in [3.05, 3.63) is 20.8 Å². The van der Waals surface area contributed by atoms with Crippen LogP contribution < -0.4 is 21.9 Å². The van der Waals surface area contributed by atoms with Crippen LogP contribution in [0.5, 0.6) is 0 Å². The number of anilines is 2. The van der Waals surface area contributed by atoms with Crippen LogP contribution in [0, 0.1) is 5.92 Å². The van der Waals surface area contributed by atoms with E-state index in [1.807, 2.05) is 6.92 Å². The van der Waals surface area contributed by atoms with Gasteiger partial charge in [0.1, 0.15) is 11.5 Å². The molecule has 0 amide bonds. The summed E-state index contributed by atoms with van der Waals surface area (Å²) in [7, 11) is 3.28. The number of hydrogen-bond donors (Lipinski definition) is 2. The van der Waals surface area contributed by atoms with Gasteiger partial charge in [-0.15, -0.1) is 0 Å². The molecule has 0 saturated heterocycles. The third-order valence-electron chi connectivity index (χ3n) is 4.13. The topological polar surface area (TPSA) is 93.5 Å². The standard InChI is InChI=1S/C14H24N4O3/c1-4-5-18-12(15)11(13(20)17(3)14(18)21)16(2)8-9-6-10(19)7-9/h9-10,19H,4-8,15H2,1-3H3. The second kappa shape index (κ2) is 5.93. The van der Waals surface area contributed by atoms with E-state index < -0.39 is 0 Å². The molecule has 1 aromatic heterocycles. The Morgan fingerprint density at radius 3 is 2.52 bits per heavy atom. The van der Waals surface area contributed by atoms with Crippen molar-refractivity contribution in [1.82, 2.24) is 9.13 Å². The van der Waals surface area contributed by atoms with Gasteiger partial charge in [-0.1, -0.05) is 6.92 Å². The number of hydrogen-bond acceptors (Lipinski definition) is 5. The number of rotatable bonds is 5. The molecule has 0 aromatic carbocycles. The highest BCUT2D eigenvalue weighted by atomic mass is 16.3. The Balaban J connectivity index is 2.38. The van der Waals surface area contributed by atoms with Gasteiger partial charge >= 0.3 is 5.69 Å². The summed E-state index contributed by atoms with van der Waals surface area (Å²) in [5, 5.41) is 9.35. The molecule has 7 heteroatoms. The minimum absolute atomic E-state index is 0.224. The van der Waals surface area contributed by atoms with Crippen molar-refractivity contribution < 1.29 is 5.11 Å². The highest BCUT2D eigenvalue weighted by Gasteiger charge is 2.29. The number of nitrogen functional groups attached to an aromatic ring is 1. The summed E-state index contributed by atoms with van der Waals surface area (Å²) in [6.07, 6.45) is 2.04. The SMILES string of the molecule is CCCn1c(N)c(N(C)CC2CC(O)C2)c(=O)n(C)c1=O. The second-order valence-electron chi connectivity index (χ2n) is 5.90. The molecule has 1 aliphatic rings. The molecule has 1 aliphatic carbocycles. The van der Waals surface area contributed by atoms with Crippen LogP contribution in [-0.2, 0) is 13.6 Å². The molecule has 0 radical (unpaired) electrons. The van der Waals surface area contributed by atoms with Gasteiger partial charge in [-0.05, 0) is 25.2 Å². The van der Waals surface area contributed by atoms with E-state index in [2.05, 4.69) is 0 Å². The van der Waals surface area contributed by atoms with Crippen molar-refractivity contribution >= 4 is 11.5 Å². The minimum Gasteiger partial charge on any atom is -0.393 e. The molecule has 3 N–H and O–H groups in total. The zero-order valence-corrected chi connectivity index (χ0v) is 12.9. The highest BCUT2D eigenvalue weighted by molar-refractivity contribution is 5.62. The van der Waals surface area contributed by atoms with Gasteiger partial charge in [0, 0.05) is 27.2 Å². The Kier molecular flexibility index (Phi) is 4.41. The van der Waals surface area contributed by atoms with Crippen LogP contribution in [0.15, 0.2) is 9.59 Å². The third-order valence-corrected chi connectivity index (χ3v) is 4.13. The summed E-state index contributed by atoms with van der Waals surface area (Å²) in [5.41, 5.74) is 5.68. The lowest BCUT2D eigenvalue weighted by molar-refractivity contribution is 0.0464. The fourth-order valence-corrected chi connectivity index (χ4v) is 2.89. The van der Waals surface area contributed by atoms with Crippen LogP contribution in [0.2, 0.25) is 0 Å². The Labute approximate surface area is 123 Å². The second-order valence-corrected chi connectivity index (χ2v) is 5.90. The molecule has 2 rings (SSSR count). The molecular weight excluding hydrogens is 272 g/mol. The van der Waals surface area contributed by atoms with Crippen molar-refractivity contribution in [2.75, 3.05) is 24.2 Å². The van der Waals surface area contributed by atoms with E-state index in [1.165, 1.54) is 11.6 Å². The average molecular weight is 296 g/mol. The van der Waals surface area contributed by atoms with Gasteiger partial charge in [0.2, 0.25) is 0 Å². The van der Waals surface area contributed by atoms with Crippen LogP contribution in [0.1, 0.15) is 26.2 Å². The molecule has 0 bridgehead atoms. The zero-order chi connectivity index (χ0) is 15.7. The van der Waals surface area contributed by atoms with E-state index in [0.717, 1.165) is 23.8 Å². The smallest absolute Gasteiger partial charge is 0.332 e. The van der Waals surface area contributed by atoms with Crippen molar-refractivity contribution in [2.45, 2.75) is 38.8 Å². The summed E-state index contributed by atoms with van der Waals surface area (Å²) >= 11 is 0. The summed E-state index contributed by atoms with van der Waals surface area (Å²) in [6.45, 7) is 3.10. The van der Waals surface area contributed by atoms with Crippen LogP contribution in [0.4, 0.5) is 11.5 Å². The summed E-state index contributed by atoms with van der Waals surface area (Å²) in [5.74, 6) is 0.591. The molecule has 0 atom stereocenters. The monoisotopic (exact) mass is 296 g/mol. The van der Waals surface area contributed by atoms with Crippen molar-refractivity contribution in [2.24, 2.45) is 13.0 Å². The van der Waals surface area contributed by atoms with Gasteiger partial charge < -0.3 is 15.7 Å². The van der Waals surface area contributed by atoms with E-state index >= 15 is 0 Å². The van der Waals surface area contributed by atoms with Gasteiger partial charge in [-0.2, -0.15) is 0 Å². The summed E-state index contributed by atoms with van der Waals surface area (Å²) in [6, 6.07) is 0. The van der Waals surface area contributed by atoms with E-state index in [4.69, 9.17) is 5.73 Å². The minimum atomic E-state index is -0.379. The van der Waals surface area contributed by atoms with Gasteiger partial charge in [-0.25, -0.2) is 4.79 Å². The quantitative estimate of drug-likeness (QED) is 0.781. The fraction of sp³-hybridized carbons (Fsp3) is 0.714. The van der Waals surface area contributed by atoms with Crippen LogP contribution in [0.3, 0.4) is 0 Å². The number of nitrogens with two attached hydrogens (primary N) is 1.